The van der Waals surface area contributed by atoms with E-state index in [1.165, 1.54) is 0 Å². The third-order valence-corrected chi connectivity index (χ3v) is 3.29. The highest BCUT2D eigenvalue weighted by atomic mass is 16.4. The van der Waals surface area contributed by atoms with Crippen LogP contribution in [0.25, 0.3) is 0 Å². The minimum Gasteiger partial charge on any atom is -0.480 e. The molecule has 2 atom stereocenters. The van der Waals surface area contributed by atoms with Gasteiger partial charge in [-0.3, -0.25) is 4.79 Å². The first-order chi connectivity index (χ1) is 9.45. The van der Waals surface area contributed by atoms with Gasteiger partial charge < -0.3 is 16.2 Å². The molecule has 0 radical (unpaired) electrons. The smallest absolute Gasteiger partial charge is 0.326 e. The van der Waals surface area contributed by atoms with E-state index in [0.717, 1.165) is 5.56 Å². The van der Waals surface area contributed by atoms with Crippen molar-refractivity contribution in [3.05, 3.63) is 35.9 Å². The predicted octanol–water partition coefficient (Wildman–Crippen LogP) is 1.03. The fraction of sp³-hybridized carbons (Fsp3) is 0.467. The highest BCUT2D eigenvalue weighted by Crippen LogP contribution is 2.10. The van der Waals surface area contributed by atoms with Gasteiger partial charge in [-0.25, -0.2) is 4.79 Å². The molecule has 0 spiro atoms. The molecule has 0 heterocycles. The van der Waals surface area contributed by atoms with Crippen molar-refractivity contribution in [1.82, 2.24) is 5.32 Å². The van der Waals surface area contributed by atoms with Gasteiger partial charge in [-0.05, 0) is 11.5 Å². The third kappa shape index (κ3) is 4.66. The first-order valence-electron chi connectivity index (χ1n) is 6.72. The van der Waals surface area contributed by atoms with Crippen LogP contribution in [0.4, 0.5) is 0 Å². The SMILES string of the molecule is CC(C)C(CN)C(=O)N[C@H](Cc1ccccc1)C(=O)O. The van der Waals surface area contributed by atoms with Gasteiger partial charge in [-0.2, -0.15) is 0 Å². The highest BCUT2D eigenvalue weighted by molar-refractivity contribution is 5.85. The number of carbonyl (C=O) groups excluding carboxylic acids is 1. The Morgan fingerprint density at radius 3 is 2.30 bits per heavy atom. The lowest BCUT2D eigenvalue weighted by Crippen LogP contribution is -2.47. The van der Waals surface area contributed by atoms with Crippen molar-refractivity contribution in [3.63, 3.8) is 0 Å². The van der Waals surface area contributed by atoms with Crippen LogP contribution in [0.15, 0.2) is 30.3 Å². The Labute approximate surface area is 119 Å². The minimum absolute atomic E-state index is 0.0752. The molecule has 1 amide bonds. The Kier molecular flexibility index (Phi) is 6.18. The van der Waals surface area contributed by atoms with Crippen molar-refractivity contribution in [2.75, 3.05) is 6.54 Å². The number of nitrogens with two attached hydrogens (primary N) is 1. The molecule has 1 aromatic rings. The molecule has 1 rings (SSSR count). The molecule has 0 fully saturated rings. The summed E-state index contributed by atoms with van der Waals surface area (Å²) in [5.41, 5.74) is 6.44. The van der Waals surface area contributed by atoms with E-state index in [2.05, 4.69) is 5.32 Å². The van der Waals surface area contributed by atoms with Crippen LogP contribution in [0.2, 0.25) is 0 Å². The average molecular weight is 278 g/mol. The maximum Gasteiger partial charge on any atom is 0.326 e. The topological polar surface area (TPSA) is 92.4 Å². The predicted molar refractivity (Wildman–Crippen MR) is 77.1 cm³/mol. The van der Waals surface area contributed by atoms with Gasteiger partial charge in [0.2, 0.25) is 5.91 Å². The standard InChI is InChI=1S/C15H22N2O3/c1-10(2)12(9-16)14(18)17-13(15(19)20)8-11-6-4-3-5-7-11/h3-7,10,12-13H,8-9,16H2,1-2H3,(H,17,18)(H,19,20)/t12?,13-/m1/s1. The van der Waals surface area contributed by atoms with Gasteiger partial charge in [0.15, 0.2) is 0 Å². The lowest BCUT2D eigenvalue weighted by Gasteiger charge is -2.21. The summed E-state index contributed by atoms with van der Waals surface area (Å²) in [4.78, 5) is 23.3. The first kappa shape index (κ1) is 16.2. The summed E-state index contributed by atoms with van der Waals surface area (Å²) < 4.78 is 0. The first-order valence-corrected chi connectivity index (χ1v) is 6.72. The monoisotopic (exact) mass is 278 g/mol. The second-order valence-corrected chi connectivity index (χ2v) is 5.18. The molecule has 0 saturated carbocycles. The molecule has 0 bridgehead atoms. The quantitative estimate of drug-likeness (QED) is 0.694. The van der Waals surface area contributed by atoms with Crippen molar-refractivity contribution in [3.8, 4) is 0 Å². The molecule has 0 aromatic heterocycles. The van der Waals surface area contributed by atoms with Gasteiger partial charge in [0.25, 0.3) is 0 Å². The number of aliphatic carboxylic acids is 1. The summed E-state index contributed by atoms with van der Waals surface area (Å²) in [5.74, 6) is -1.63. The maximum absolute atomic E-state index is 12.1. The van der Waals surface area contributed by atoms with E-state index in [-0.39, 0.29) is 30.7 Å². The van der Waals surface area contributed by atoms with Crippen LogP contribution < -0.4 is 11.1 Å². The summed E-state index contributed by atoms with van der Waals surface area (Å²) in [6.45, 7) is 4.00. The Bertz CT molecular complexity index is 446. The lowest BCUT2D eigenvalue weighted by atomic mass is 9.94. The normalized spacial score (nSPS) is 13.8. The zero-order chi connectivity index (χ0) is 15.1. The molecule has 110 valence electrons. The van der Waals surface area contributed by atoms with Crippen LogP contribution in [0.5, 0.6) is 0 Å². The van der Waals surface area contributed by atoms with Crippen LogP contribution >= 0.6 is 0 Å². The van der Waals surface area contributed by atoms with E-state index < -0.39 is 12.0 Å². The van der Waals surface area contributed by atoms with Gasteiger partial charge >= 0.3 is 5.97 Å². The van der Waals surface area contributed by atoms with Crippen LogP contribution in [-0.4, -0.2) is 29.6 Å². The second kappa shape index (κ2) is 7.65. The molecular formula is C15H22N2O3. The number of hydrogen-bond acceptors (Lipinski definition) is 3. The molecule has 0 aliphatic carbocycles. The van der Waals surface area contributed by atoms with Crippen molar-refractivity contribution in [2.24, 2.45) is 17.6 Å². The molecule has 5 heteroatoms. The Morgan fingerprint density at radius 2 is 1.85 bits per heavy atom. The average Bonchev–Trinajstić information content (AvgIpc) is 2.39. The molecular weight excluding hydrogens is 256 g/mol. The molecule has 0 saturated heterocycles. The summed E-state index contributed by atoms with van der Waals surface area (Å²) in [5, 5.41) is 11.8. The van der Waals surface area contributed by atoms with Crippen LogP contribution in [0, 0.1) is 11.8 Å². The van der Waals surface area contributed by atoms with Crippen molar-refractivity contribution in [1.29, 1.82) is 0 Å². The van der Waals surface area contributed by atoms with E-state index in [9.17, 15) is 14.7 Å². The summed E-state index contributed by atoms with van der Waals surface area (Å²) in [7, 11) is 0. The van der Waals surface area contributed by atoms with Crippen molar-refractivity contribution < 1.29 is 14.7 Å². The molecule has 0 aliphatic rings. The summed E-state index contributed by atoms with van der Waals surface area (Å²) in [6.07, 6.45) is 0.261. The third-order valence-electron chi connectivity index (χ3n) is 3.29. The molecule has 1 unspecified atom stereocenters. The van der Waals surface area contributed by atoms with Gasteiger partial charge in [0.1, 0.15) is 6.04 Å². The zero-order valence-electron chi connectivity index (χ0n) is 11.9. The van der Waals surface area contributed by atoms with Gasteiger partial charge in [0, 0.05) is 13.0 Å². The zero-order valence-corrected chi connectivity index (χ0v) is 11.9. The fourth-order valence-corrected chi connectivity index (χ4v) is 2.01. The van der Waals surface area contributed by atoms with E-state index in [0.29, 0.717) is 0 Å². The van der Waals surface area contributed by atoms with Crippen LogP contribution in [0.1, 0.15) is 19.4 Å². The number of amides is 1. The number of nitrogens with one attached hydrogen (secondary N) is 1. The number of benzene rings is 1. The van der Waals surface area contributed by atoms with Crippen molar-refractivity contribution in [2.45, 2.75) is 26.3 Å². The summed E-state index contributed by atoms with van der Waals surface area (Å²) >= 11 is 0. The summed E-state index contributed by atoms with van der Waals surface area (Å²) in [6, 6.07) is 8.29. The van der Waals surface area contributed by atoms with Crippen LogP contribution in [-0.2, 0) is 16.0 Å². The molecule has 20 heavy (non-hydrogen) atoms. The fourth-order valence-electron chi connectivity index (χ4n) is 2.01. The number of rotatable bonds is 7. The Morgan fingerprint density at radius 1 is 1.25 bits per heavy atom. The second-order valence-electron chi connectivity index (χ2n) is 5.18. The van der Waals surface area contributed by atoms with E-state index in [1.807, 2.05) is 44.2 Å². The van der Waals surface area contributed by atoms with E-state index in [4.69, 9.17) is 5.73 Å². The number of carboxylic acid groups (broad SMARTS) is 1. The molecule has 4 N–H and O–H groups in total. The lowest BCUT2D eigenvalue weighted by molar-refractivity contribution is -0.142. The number of hydrogen-bond donors (Lipinski definition) is 3. The molecule has 1 aromatic carbocycles. The van der Waals surface area contributed by atoms with E-state index in [1.54, 1.807) is 0 Å². The van der Waals surface area contributed by atoms with Gasteiger partial charge in [-0.15, -0.1) is 0 Å². The molecule has 0 aliphatic heterocycles. The Balaban J connectivity index is 2.73. The Hall–Kier alpha value is -1.88. The number of carboxylic acids is 1. The molecule has 5 nitrogen and oxygen atoms in total. The highest BCUT2D eigenvalue weighted by Gasteiger charge is 2.26. The minimum atomic E-state index is -1.04. The van der Waals surface area contributed by atoms with Crippen LogP contribution in [0.3, 0.4) is 0 Å². The van der Waals surface area contributed by atoms with E-state index >= 15 is 0 Å². The largest absolute Gasteiger partial charge is 0.480 e. The van der Waals surface area contributed by atoms with Gasteiger partial charge in [-0.1, -0.05) is 44.2 Å². The van der Waals surface area contributed by atoms with Crippen molar-refractivity contribution >= 4 is 11.9 Å². The van der Waals surface area contributed by atoms with Gasteiger partial charge in [0.05, 0.1) is 5.92 Å². The number of carbonyl (C=O) groups is 2. The maximum atomic E-state index is 12.1.